The van der Waals surface area contributed by atoms with Gasteiger partial charge in [-0.05, 0) is 42.1 Å². The zero-order valence-corrected chi connectivity index (χ0v) is 14.3. The zero-order valence-electron chi connectivity index (χ0n) is 12.7. The maximum atomic E-state index is 12.1. The van der Waals surface area contributed by atoms with Crippen LogP contribution in [0.25, 0.3) is 10.8 Å². The summed E-state index contributed by atoms with van der Waals surface area (Å²) in [6.07, 6.45) is 0. The summed E-state index contributed by atoms with van der Waals surface area (Å²) in [5.41, 5.74) is 1.86. The number of fused-ring (bicyclic) bond motifs is 1. The van der Waals surface area contributed by atoms with Crippen molar-refractivity contribution in [3.63, 3.8) is 0 Å². The number of ether oxygens (including phenoxy) is 1. The molecule has 0 atom stereocenters. The lowest BCUT2D eigenvalue weighted by Crippen LogP contribution is -2.20. The SMILES string of the molecule is Cc1cc(OCC(=O)Nc2cccc3ccccc23)ccc1Br. The summed E-state index contributed by atoms with van der Waals surface area (Å²) in [4.78, 5) is 12.1. The number of benzene rings is 3. The van der Waals surface area contributed by atoms with Crippen molar-refractivity contribution in [3.05, 3.63) is 70.7 Å². The molecular weight excluding hydrogens is 354 g/mol. The van der Waals surface area contributed by atoms with Gasteiger partial charge in [0.05, 0.1) is 0 Å². The minimum Gasteiger partial charge on any atom is -0.484 e. The molecule has 0 aromatic heterocycles. The van der Waals surface area contributed by atoms with Crippen LogP contribution in [0.5, 0.6) is 5.75 Å². The van der Waals surface area contributed by atoms with Crippen molar-refractivity contribution in [2.45, 2.75) is 6.92 Å². The van der Waals surface area contributed by atoms with Gasteiger partial charge in [0.25, 0.3) is 5.91 Å². The number of carbonyl (C=O) groups excluding carboxylic acids is 1. The fraction of sp³-hybridized carbons (Fsp3) is 0.105. The first kappa shape index (κ1) is 15.6. The number of amides is 1. The van der Waals surface area contributed by atoms with Gasteiger partial charge in [-0.2, -0.15) is 0 Å². The zero-order chi connectivity index (χ0) is 16.2. The summed E-state index contributed by atoms with van der Waals surface area (Å²) in [5, 5.41) is 5.02. The fourth-order valence-corrected chi connectivity index (χ4v) is 2.62. The molecule has 0 radical (unpaired) electrons. The number of rotatable bonds is 4. The Morgan fingerprint density at radius 3 is 2.70 bits per heavy atom. The summed E-state index contributed by atoms with van der Waals surface area (Å²) in [6, 6.07) is 19.4. The first-order valence-electron chi connectivity index (χ1n) is 7.30. The molecule has 0 bridgehead atoms. The normalized spacial score (nSPS) is 10.5. The van der Waals surface area contributed by atoms with E-state index >= 15 is 0 Å². The largest absolute Gasteiger partial charge is 0.484 e. The number of hydrogen-bond acceptors (Lipinski definition) is 2. The van der Waals surface area contributed by atoms with Crippen molar-refractivity contribution < 1.29 is 9.53 Å². The van der Waals surface area contributed by atoms with Gasteiger partial charge < -0.3 is 10.1 Å². The Bertz CT molecular complexity index is 856. The highest BCUT2D eigenvalue weighted by Crippen LogP contribution is 2.23. The summed E-state index contributed by atoms with van der Waals surface area (Å²) in [7, 11) is 0. The van der Waals surface area contributed by atoms with E-state index in [1.807, 2.05) is 67.6 Å². The van der Waals surface area contributed by atoms with Gasteiger partial charge in [-0.3, -0.25) is 4.79 Å². The molecule has 1 N–H and O–H groups in total. The summed E-state index contributed by atoms with van der Waals surface area (Å²) >= 11 is 3.44. The number of hydrogen-bond donors (Lipinski definition) is 1. The topological polar surface area (TPSA) is 38.3 Å². The summed E-state index contributed by atoms with van der Waals surface area (Å²) in [6.45, 7) is 1.96. The van der Waals surface area contributed by atoms with Crippen LogP contribution in [0.15, 0.2) is 65.1 Å². The quantitative estimate of drug-likeness (QED) is 0.707. The van der Waals surface area contributed by atoms with E-state index in [1.165, 1.54) is 0 Å². The second kappa shape index (κ2) is 6.84. The molecule has 0 aliphatic carbocycles. The van der Waals surface area contributed by atoms with E-state index in [0.29, 0.717) is 5.75 Å². The van der Waals surface area contributed by atoms with Gasteiger partial charge in [0.1, 0.15) is 5.75 Å². The van der Waals surface area contributed by atoms with E-state index in [-0.39, 0.29) is 12.5 Å². The maximum absolute atomic E-state index is 12.1. The molecule has 0 saturated carbocycles. The molecule has 3 aromatic rings. The van der Waals surface area contributed by atoms with Crippen molar-refractivity contribution in [3.8, 4) is 5.75 Å². The van der Waals surface area contributed by atoms with Crippen LogP contribution in [0.1, 0.15) is 5.56 Å². The van der Waals surface area contributed by atoms with Crippen LogP contribution in [0.3, 0.4) is 0 Å². The first-order chi connectivity index (χ1) is 11.1. The van der Waals surface area contributed by atoms with E-state index in [0.717, 1.165) is 26.5 Å². The van der Waals surface area contributed by atoms with Gasteiger partial charge in [0.15, 0.2) is 6.61 Å². The molecule has 3 rings (SSSR count). The van der Waals surface area contributed by atoms with Crippen LogP contribution in [0.4, 0.5) is 5.69 Å². The minimum absolute atomic E-state index is 0.0235. The van der Waals surface area contributed by atoms with Crippen LogP contribution in [0.2, 0.25) is 0 Å². The maximum Gasteiger partial charge on any atom is 0.262 e. The van der Waals surface area contributed by atoms with E-state index in [2.05, 4.69) is 21.2 Å². The van der Waals surface area contributed by atoms with E-state index in [4.69, 9.17) is 4.74 Å². The number of carbonyl (C=O) groups is 1. The molecule has 0 saturated heterocycles. The van der Waals surface area contributed by atoms with Gasteiger partial charge in [0.2, 0.25) is 0 Å². The molecule has 116 valence electrons. The number of nitrogens with one attached hydrogen (secondary N) is 1. The number of anilines is 1. The van der Waals surface area contributed by atoms with Crippen molar-refractivity contribution >= 4 is 38.3 Å². The number of aryl methyl sites for hydroxylation is 1. The predicted octanol–water partition coefficient (Wildman–Crippen LogP) is 4.93. The highest BCUT2D eigenvalue weighted by Gasteiger charge is 2.07. The third-order valence-corrected chi connectivity index (χ3v) is 4.45. The Labute approximate surface area is 143 Å². The number of halogens is 1. The Balaban J connectivity index is 1.68. The highest BCUT2D eigenvalue weighted by molar-refractivity contribution is 9.10. The van der Waals surface area contributed by atoms with Crippen LogP contribution in [-0.4, -0.2) is 12.5 Å². The molecule has 0 spiro atoms. The predicted molar refractivity (Wildman–Crippen MR) is 97.0 cm³/mol. The smallest absolute Gasteiger partial charge is 0.262 e. The highest BCUT2D eigenvalue weighted by atomic mass is 79.9. The van der Waals surface area contributed by atoms with Gasteiger partial charge in [0, 0.05) is 15.5 Å². The fourth-order valence-electron chi connectivity index (χ4n) is 2.38. The average molecular weight is 370 g/mol. The summed E-state index contributed by atoms with van der Waals surface area (Å²) in [5.74, 6) is 0.501. The van der Waals surface area contributed by atoms with Crippen LogP contribution in [0, 0.1) is 6.92 Å². The van der Waals surface area contributed by atoms with Gasteiger partial charge in [-0.1, -0.05) is 52.3 Å². The second-order valence-electron chi connectivity index (χ2n) is 5.27. The molecule has 3 aromatic carbocycles. The molecule has 1 amide bonds. The van der Waals surface area contributed by atoms with Gasteiger partial charge in [-0.25, -0.2) is 0 Å². The lowest BCUT2D eigenvalue weighted by atomic mass is 10.1. The standard InChI is InChI=1S/C19H16BrNO2/c1-13-11-15(9-10-17(13)20)23-12-19(22)21-18-8-4-6-14-5-2-3-7-16(14)18/h2-11H,12H2,1H3,(H,21,22). The molecule has 0 aliphatic rings. The van der Waals surface area contributed by atoms with Crippen molar-refractivity contribution in [2.24, 2.45) is 0 Å². The average Bonchev–Trinajstić information content (AvgIpc) is 2.56. The Morgan fingerprint density at radius 2 is 1.87 bits per heavy atom. The van der Waals surface area contributed by atoms with Crippen LogP contribution < -0.4 is 10.1 Å². The van der Waals surface area contributed by atoms with Crippen LogP contribution >= 0.6 is 15.9 Å². The minimum atomic E-state index is -0.179. The van der Waals surface area contributed by atoms with E-state index < -0.39 is 0 Å². The lowest BCUT2D eigenvalue weighted by Gasteiger charge is -2.10. The van der Waals surface area contributed by atoms with Crippen molar-refractivity contribution in [1.82, 2.24) is 0 Å². The monoisotopic (exact) mass is 369 g/mol. The van der Waals surface area contributed by atoms with Crippen molar-refractivity contribution in [1.29, 1.82) is 0 Å². The second-order valence-corrected chi connectivity index (χ2v) is 6.13. The van der Waals surface area contributed by atoms with Crippen LogP contribution in [-0.2, 0) is 4.79 Å². The Hall–Kier alpha value is -2.33. The lowest BCUT2D eigenvalue weighted by molar-refractivity contribution is -0.118. The van der Waals surface area contributed by atoms with E-state index in [9.17, 15) is 4.79 Å². The summed E-state index contributed by atoms with van der Waals surface area (Å²) < 4.78 is 6.57. The molecule has 3 nitrogen and oxygen atoms in total. The van der Waals surface area contributed by atoms with Crippen molar-refractivity contribution in [2.75, 3.05) is 11.9 Å². The third-order valence-electron chi connectivity index (χ3n) is 3.56. The molecule has 0 aliphatic heterocycles. The van der Waals surface area contributed by atoms with Gasteiger partial charge in [-0.15, -0.1) is 0 Å². The van der Waals surface area contributed by atoms with Gasteiger partial charge >= 0.3 is 0 Å². The molecule has 0 unspecified atom stereocenters. The molecular formula is C19H16BrNO2. The first-order valence-corrected chi connectivity index (χ1v) is 8.09. The Morgan fingerprint density at radius 1 is 1.09 bits per heavy atom. The molecule has 0 fully saturated rings. The molecule has 0 heterocycles. The third kappa shape index (κ3) is 3.71. The molecule has 4 heteroatoms. The Kier molecular flexibility index (Phi) is 4.63. The molecule has 23 heavy (non-hydrogen) atoms. The van der Waals surface area contributed by atoms with E-state index in [1.54, 1.807) is 0 Å².